The minimum Gasteiger partial charge on any atom is -0.321 e. The summed E-state index contributed by atoms with van der Waals surface area (Å²) in [5.41, 5.74) is 7.12. The number of ketones is 1. The van der Waals surface area contributed by atoms with Gasteiger partial charge in [-0.1, -0.05) is 39.0 Å². The summed E-state index contributed by atoms with van der Waals surface area (Å²) in [4.78, 5) is 16.7. The number of hydrogen-bond acceptors (Lipinski definition) is 3. The van der Waals surface area contributed by atoms with Crippen molar-refractivity contribution in [2.75, 3.05) is 0 Å². The van der Waals surface area contributed by atoms with Gasteiger partial charge < -0.3 is 5.73 Å². The molecule has 2 rings (SSSR count). The molecule has 0 saturated carbocycles. The Morgan fingerprint density at radius 1 is 1.22 bits per heavy atom. The van der Waals surface area contributed by atoms with Crippen molar-refractivity contribution in [3.8, 4) is 0 Å². The summed E-state index contributed by atoms with van der Waals surface area (Å²) in [6.45, 7) is 5.90. The van der Waals surface area contributed by atoms with Crippen LogP contribution in [0.3, 0.4) is 0 Å². The number of nitrogens with two attached hydrogens (primary N) is 1. The third-order valence-corrected chi connectivity index (χ3v) is 3.11. The lowest BCUT2D eigenvalue weighted by Crippen LogP contribution is -2.42. The highest BCUT2D eigenvalue weighted by Crippen LogP contribution is 2.24. The van der Waals surface area contributed by atoms with E-state index in [-0.39, 0.29) is 11.2 Å². The van der Waals surface area contributed by atoms with E-state index in [2.05, 4.69) is 4.98 Å². The molecule has 1 unspecified atom stereocenters. The molecule has 0 aliphatic rings. The van der Waals surface area contributed by atoms with Crippen LogP contribution >= 0.6 is 0 Å². The fourth-order valence-electron chi connectivity index (χ4n) is 1.86. The number of hydrogen-bond donors (Lipinski definition) is 1. The number of para-hydroxylation sites is 1. The van der Waals surface area contributed by atoms with E-state index < -0.39 is 6.04 Å². The fraction of sp³-hybridized carbons (Fsp3) is 0.333. The van der Waals surface area contributed by atoms with Gasteiger partial charge >= 0.3 is 0 Å². The molecular weight excluding hydrogens is 224 g/mol. The Morgan fingerprint density at radius 2 is 1.89 bits per heavy atom. The van der Waals surface area contributed by atoms with Gasteiger partial charge in [0.1, 0.15) is 0 Å². The van der Waals surface area contributed by atoms with E-state index in [1.54, 1.807) is 12.3 Å². The molecule has 0 spiro atoms. The number of fused-ring (bicyclic) bond motifs is 1. The topological polar surface area (TPSA) is 56.0 Å². The van der Waals surface area contributed by atoms with Crippen LogP contribution in [-0.2, 0) is 0 Å². The van der Waals surface area contributed by atoms with Crippen molar-refractivity contribution in [3.05, 3.63) is 42.1 Å². The number of aromatic nitrogens is 1. The maximum absolute atomic E-state index is 12.4. The number of rotatable bonds is 2. The Kier molecular flexibility index (Phi) is 3.18. The maximum Gasteiger partial charge on any atom is 0.182 e. The van der Waals surface area contributed by atoms with Crippen LogP contribution in [0.15, 0.2) is 36.5 Å². The highest BCUT2D eigenvalue weighted by Gasteiger charge is 2.29. The van der Waals surface area contributed by atoms with E-state index in [1.807, 2.05) is 45.0 Å². The molecule has 0 radical (unpaired) electrons. The van der Waals surface area contributed by atoms with E-state index in [4.69, 9.17) is 5.73 Å². The average molecular weight is 242 g/mol. The van der Waals surface area contributed by atoms with Crippen molar-refractivity contribution in [2.24, 2.45) is 11.1 Å². The van der Waals surface area contributed by atoms with Crippen molar-refractivity contribution in [3.63, 3.8) is 0 Å². The molecule has 1 aromatic carbocycles. The molecule has 3 heteroatoms. The van der Waals surface area contributed by atoms with Crippen LogP contribution < -0.4 is 5.73 Å². The van der Waals surface area contributed by atoms with Gasteiger partial charge in [-0.2, -0.15) is 0 Å². The number of Topliss-reactive ketones (excluding diaryl/α,β-unsaturated/α-hetero) is 1. The summed E-state index contributed by atoms with van der Waals surface area (Å²) in [6, 6.07) is 8.89. The lowest BCUT2D eigenvalue weighted by Gasteiger charge is -2.25. The van der Waals surface area contributed by atoms with Crippen LogP contribution in [0.25, 0.3) is 10.9 Å². The molecule has 1 atom stereocenters. The first-order chi connectivity index (χ1) is 8.41. The van der Waals surface area contributed by atoms with Crippen LogP contribution in [0.2, 0.25) is 0 Å². The molecule has 0 aliphatic carbocycles. The van der Waals surface area contributed by atoms with E-state index in [0.717, 1.165) is 10.9 Å². The molecule has 2 N–H and O–H groups in total. The number of nitrogens with zero attached hydrogens (tertiary/aromatic N) is 1. The van der Waals surface area contributed by atoms with Gasteiger partial charge in [-0.15, -0.1) is 0 Å². The van der Waals surface area contributed by atoms with Crippen molar-refractivity contribution < 1.29 is 4.79 Å². The Bertz CT molecular complexity index is 579. The Morgan fingerprint density at radius 3 is 2.56 bits per heavy atom. The van der Waals surface area contributed by atoms with Crippen LogP contribution in [0.4, 0.5) is 0 Å². The van der Waals surface area contributed by atoms with E-state index in [1.165, 1.54) is 0 Å². The van der Waals surface area contributed by atoms with Gasteiger partial charge in [-0.3, -0.25) is 9.78 Å². The number of benzene rings is 1. The Hall–Kier alpha value is -1.74. The lowest BCUT2D eigenvalue weighted by molar-refractivity contribution is 0.0903. The molecule has 0 amide bonds. The summed E-state index contributed by atoms with van der Waals surface area (Å²) in [7, 11) is 0. The van der Waals surface area contributed by atoms with E-state index in [0.29, 0.717) is 5.56 Å². The smallest absolute Gasteiger partial charge is 0.182 e. The predicted octanol–water partition coefficient (Wildman–Crippen LogP) is 2.79. The van der Waals surface area contributed by atoms with Crippen molar-refractivity contribution in [1.29, 1.82) is 0 Å². The molecule has 94 valence electrons. The zero-order chi connectivity index (χ0) is 13.3. The van der Waals surface area contributed by atoms with E-state index in [9.17, 15) is 4.79 Å². The van der Waals surface area contributed by atoms with Crippen molar-refractivity contribution in [2.45, 2.75) is 26.8 Å². The highest BCUT2D eigenvalue weighted by atomic mass is 16.1. The van der Waals surface area contributed by atoms with Gasteiger partial charge in [0.2, 0.25) is 0 Å². The monoisotopic (exact) mass is 242 g/mol. The standard InChI is InChI=1S/C15H18N2O/c1-15(2,3)14(16)13(18)11-8-4-6-10-7-5-9-17-12(10)11/h4-9,14H,16H2,1-3H3. The van der Waals surface area contributed by atoms with Gasteiger partial charge in [-0.25, -0.2) is 0 Å². The quantitative estimate of drug-likeness (QED) is 0.824. The zero-order valence-corrected chi connectivity index (χ0v) is 11.0. The highest BCUT2D eigenvalue weighted by molar-refractivity contribution is 6.09. The minimum atomic E-state index is -0.523. The SMILES string of the molecule is CC(C)(C)C(N)C(=O)c1cccc2cccnc12. The molecule has 1 heterocycles. The van der Waals surface area contributed by atoms with Gasteiger partial charge in [0.15, 0.2) is 5.78 Å². The normalized spacial score (nSPS) is 13.6. The summed E-state index contributed by atoms with van der Waals surface area (Å²) < 4.78 is 0. The number of pyridine rings is 1. The summed E-state index contributed by atoms with van der Waals surface area (Å²) in [5.74, 6) is -0.0493. The molecule has 1 aromatic heterocycles. The Balaban J connectivity index is 2.52. The third kappa shape index (κ3) is 2.27. The second-order valence-electron chi connectivity index (χ2n) is 5.59. The molecule has 18 heavy (non-hydrogen) atoms. The molecule has 0 saturated heterocycles. The zero-order valence-electron chi connectivity index (χ0n) is 11.0. The van der Waals surface area contributed by atoms with Crippen LogP contribution in [0.1, 0.15) is 31.1 Å². The minimum absolute atomic E-state index is 0.0493. The molecule has 2 aromatic rings. The van der Waals surface area contributed by atoms with Crippen LogP contribution in [0, 0.1) is 5.41 Å². The summed E-state index contributed by atoms with van der Waals surface area (Å²) in [6.07, 6.45) is 1.70. The maximum atomic E-state index is 12.4. The molecule has 0 bridgehead atoms. The second kappa shape index (κ2) is 4.50. The van der Waals surface area contributed by atoms with Crippen molar-refractivity contribution >= 4 is 16.7 Å². The molecule has 3 nitrogen and oxygen atoms in total. The van der Waals surface area contributed by atoms with Crippen LogP contribution in [0.5, 0.6) is 0 Å². The van der Waals surface area contributed by atoms with Gasteiger partial charge in [0.25, 0.3) is 0 Å². The first-order valence-electron chi connectivity index (χ1n) is 6.05. The summed E-state index contributed by atoms with van der Waals surface area (Å²) >= 11 is 0. The average Bonchev–Trinajstić information content (AvgIpc) is 2.35. The summed E-state index contributed by atoms with van der Waals surface area (Å²) in [5, 5.41) is 0.962. The fourth-order valence-corrected chi connectivity index (χ4v) is 1.86. The van der Waals surface area contributed by atoms with Crippen LogP contribution in [-0.4, -0.2) is 16.8 Å². The molecular formula is C15H18N2O. The molecule has 0 aliphatic heterocycles. The second-order valence-corrected chi connectivity index (χ2v) is 5.59. The predicted molar refractivity (Wildman–Crippen MR) is 73.5 cm³/mol. The first-order valence-corrected chi connectivity index (χ1v) is 6.05. The van der Waals surface area contributed by atoms with Gasteiger partial charge in [-0.05, 0) is 17.5 Å². The first kappa shape index (κ1) is 12.7. The van der Waals surface area contributed by atoms with Crippen molar-refractivity contribution in [1.82, 2.24) is 4.98 Å². The number of carbonyl (C=O) groups excluding carboxylic acids is 1. The number of carbonyl (C=O) groups is 1. The van der Waals surface area contributed by atoms with E-state index >= 15 is 0 Å². The third-order valence-electron chi connectivity index (χ3n) is 3.11. The molecule has 0 fully saturated rings. The van der Waals surface area contributed by atoms with Gasteiger partial charge in [0.05, 0.1) is 11.6 Å². The largest absolute Gasteiger partial charge is 0.321 e. The lowest BCUT2D eigenvalue weighted by atomic mass is 9.82. The Labute approximate surface area is 107 Å². The van der Waals surface area contributed by atoms with Gasteiger partial charge in [0, 0.05) is 17.1 Å².